The maximum absolute atomic E-state index is 12.5. The number of carbonyl (C=O) groups is 1. The number of aryl methyl sites for hydroxylation is 2. The minimum absolute atomic E-state index is 0.251. The number of nitrogens with one attached hydrogen (secondary N) is 2. The van der Waals surface area contributed by atoms with Crippen molar-refractivity contribution in [2.24, 2.45) is 7.05 Å². The van der Waals surface area contributed by atoms with Crippen LogP contribution in [-0.4, -0.2) is 58.0 Å². The van der Waals surface area contributed by atoms with Gasteiger partial charge in [0.25, 0.3) is 5.91 Å². The molecule has 2 N–H and O–H groups in total. The molecule has 2 heterocycles. The summed E-state index contributed by atoms with van der Waals surface area (Å²) < 4.78 is 7.47. The lowest BCUT2D eigenvalue weighted by atomic mass is 10.1. The number of aromatic amines is 1. The fraction of sp³-hybridized carbons (Fsp3) is 0.350. The number of rotatable bonds is 7. The van der Waals surface area contributed by atoms with Gasteiger partial charge >= 0.3 is 0 Å². The molecule has 0 spiro atoms. The molecule has 0 aliphatic carbocycles. The van der Waals surface area contributed by atoms with Crippen LogP contribution in [0.25, 0.3) is 11.3 Å². The van der Waals surface area contributed by atoms with Crippen LogP contribution in [0.15, 0.2) is 30.3 Å². The highest BCUT2D eigenvalue weighted by Gasteiger charge is 2.17. The van der Waals surface area contributed by atoms with Crippen LogP contribution in [0.1, 0.15) is 21.9 Å². The van der Waals surface area contributed by atoms with E-state index in [9.17, 15) is 4.79 Å². The van der Waals surface area contributed by atoms with Crippen LogP contribution in [0.2, 0.25) is 0 Å². The number of benzene rings is 1. The molecule has 0 saturated carbocycles. The van der Waals surface area contributed by atoms with Gasteiger partial charge in [0, 0.05) is 30.5 Å². The number of nitrogens with zero attached hydrogens (tertiary/aromatic N) is 4. The second-order valence-electron chi connectivity index (χ2n) is 6.97. The first-order valence-corrected chi connectivity index (χ1v) is 9.10. The Morgan fingerprint density at radius 2 is 1.96 bits per heavy atom. The Labute approximate surface area is 164 Å². The number of ether oxygens (including phenoxy) is 1. The molecule has 0 fully saturated rings. The van der Waals surface area contributed by atoms with Crippen molar-refractivity contribution < 1.29 is 9.53 Å². The van der Waals surface area contributed by atoms with Gasteiger partial charge in [-0.2, -0.15) is 10.2 Å². The normalized spacial score (nSPS) is 11.1. The van der Waals surface area contributed by atoms with Crippen molar-refractivity contribution in [1.82, 2.24) is 24.9 Å². The van der Waals surface area contributed by atoms with Crippen LogP contribution in [0.3, 0.4) is 0 Å². The number of likely N-dealkylation sites (N-methyl/N-ethyl adjacent to an activating group) is 1. The number of hydrogen-bond donors (Lipinski definition) is 2. The molecule has 2 aromatic heterocycles. The van der Waals surface area contributed by atoms with E-state index < -0.39 is 0 Å². The zero-order chi connectivity index (χ0) is 20.3. The Kier molecular flexibility index (Phi) is 5.79. The van der Waals surface area contributed by atoms with Crippen LogP contribution in [0.4, 0.5) is 5.69 Å². The lowest BCUT2D eigenvalue weighted by molar-refractivity contribution is 0.102. The molecule has 8 heteroatoms. The van der Waals surface area contributed by atoms with Gasteiger partial charge in [0.05, 0.1) is 11.4 Å². The van der Waals surface area contributed by atoms with E-state index >= 15 is 0 Å². The summed E-state index contributed by atoms with van der Waals surface area (Å²) in [5, 5.41) is 14.4. The van der Waals surface area contributed by atoms with Gasteiger partial charge in [-0.25, -0.2) is 0 Å². The zero-order valence-electron chi connectivity index (χ0n) is 16.9. The third-order valence-corrected chi connectivity index (χ3v) is 4.51. The molecule has 0 saturated heterocycles. The van der Waals surface area contributed by atoms with Crippen molar-refractivity contribution >= 4 is 11.6 Å². The summed E-state index contributed by atoms with van der Waals surface area (Å²) in [5.41, 5.74) is 4.61. The highest BCUT2D eigenvalue weighted by Crippen LogP contribution is 2.25. The minimum Gasteiger partial charge on any atom is -0.492 e. The van der Waals surface area contributed by atoms with Gasteiger partial charge in [-0.15, -0.1) is 0 Å². The standard InChI is InChI=1S/C20H26N6O2/c1-13-19(14(2)26(5)24-13)17-12-18(23-22-17)20(27)21-15-6-8-16(9-7-15)28-11-10-25(3)4/h6-9,12H,10-11H2,1-5H3,(H,21,27)(H,22,23). The molecule has 8 nitrogen and oxygen atoms in total. The first-order valence-electron chi connectivity index (χ1n) is 9.10. The predicted molar refractivity (Wildman–Crippen MR) is 109 cm³/mol. The van der Waals surface area contributed by atoms with Crippen molar-refractivity contribution in [2.45, 2.75) is 13.8 Å². The average molecular weight is 382 g/mol. The molecule has 0 atom stereocenters. The summed E-state index contributed by atoms with van der Waals surface area (Å²) in [6, 6.07) is 9.05. The van der Waals surface area contributed by atoms with E-state index in [4.69, 9.17) is 4.74 Å². The Balaban J connectivity index is 1.65. The smallest absolute Gasteiger partial charge is 0.273 e. The molecule has 3 rings (SSSR count). The molecule has 148 valence electrons. The Morgan fingerprint density at radius 3 is 2.57 bits per heavy atom. The highest BCUT2D eigenvalue weighted by molar-refractivity contribution is 6.03. The molecule has 3 aromatic rings. The minimum atomic E-state index is -0.251. The number of carbonyl (C=O) groups excluding carboxylic acids is 1. The summed E-state index contributed by atoms with van der Waals surface area (Å²) >= 11 is 0. The maximum Gasteiger partial charge on any atom is 0.273 e. The van der Waals surface area contributed by atoms with Gasteiger partial charge in [-0.1, -0.05) is 0 Å². The average Bonchev–Trinajstić information content (AvgIpc) is 3.21. The maximum atomic E-state index is 12.5. The van der Waals surface area contributed by atoms with Crippen molar-refractivity contribution in [1.29, 1.82) is 0 Å². The second-order valence-corrected chi connectivity index (χ2v) is 6.97. The molecule has 0 aliphatic rings. The van der Waals surface area contributed by atoms with E-state index in [2.05, 4.69) is 25.5 Å². The first-order chi connectivity index (χ1) is 13.3. The first kappa shape index (κ1) is 19.6. The SMILES string of the molecule is Cc1nn(C)c(C)c1-c1cc(C(=O)Nc2ccc(OCCN(C)C)cc2)[nH]n1. The summed E-state index contributed by atoms with van der Waals surface area (Å²) in [4.78, 5) is 14.6. The number of H-pyrrole nitrogens is 1. The van der Waals surface area contributed by atoms with Gasteiger partial charge in [0.15, 0.2) is 0 Å². The number of aromatic nitrogens is 4. The van der Waals surface area contributed by atoms with Gasteiger partial charge in [-0.05, 0) is 58.3 Å². The summed E-state index contributed by atoms with van der Waals surface area (Å²) in [6.07, 6.45) is 0. The van der Waals surface area contributed by atoms with Gasteiger partial charge in [0.2, 0.25) is 0 Å². The van der Waals surface area contributed by atoms with Crippen molar-refractivity contribution in [3.63, 3.8) is 0 Å². The molecule has 0 radical (unpaired) electrons. The molecule has 0 aliphatic heterocycles. The molecular weight excluding hydrogens is 356 g/mol. The molecular formula is C20H26N6O2. The zero-order valence-corrected chi connectivity index (χ0v) is 16.9. The lowest BCUT2D eigenvalue weighted by Gasteiger charge is -2.11. The summed E-state index contributed by atoms with van der Waals surface area (Å²) in [5.74, 6) is 0.519. The third kappa shape index (κ3) is 4.40. The fourth-order valence-electron chi connectivity index (χ4n) is 2.89. The van der Waals surface area contributed by atoms with Crippen LogP contribution in [0, 0.1) is 13.8 Å². The van der Waals surface area contributed by atoms with Crippen molar-refractivity contribution in [3.8, 4) is 17.0 Å². The topological polar surface area (TPSA) is 88.1 Å². The number of amides is 1. The van der Waals surface area contributed by atoms with E-state index in [0.29, 0.717) is 23.7 Å². The Hall–Kier alpha value is -3.13. The van der Waals surface area contributed by atoms with Crippen molar-refractivity contribution in [3.05, 3.63) is 47.4 Å². The van der Waals surface area contributed by atoms with Gasteiger partial charge in [-0.3, -0.25) is 14.6 Å². The molecule has 1 amide bonds. The van der Waals surface area contributed by atoms with Crippen LogP contribution < -0.4 is 10.1 Å². The third-order valence-electron chi connectivity index (χ3n) is 4.51. The second kappa shape index (κ2) is 8.26. The molecule has 0 unspecified atom stereocenters. The highest BCUT2D eigenvalue weighted by atomic mass is 16.5. The van der Waals surface area contributed by atoms with Crippen LogP contribution in [-0.2, 0) is 7.05 Å². The number of hydrogen-bond acceptors (Lipinski definition) is 5. The largest absolute Gasteiger partial charge is 0.492 e. The van der Waals surface area contributed by atoms with Crippen LogP contribution in [0.5, 0.6) is 5.75 Å². The predicted octanol–water partition coefficient (Wildman–Crippen LogP) is 2.62. The van der Waals surface area contributed by atoms with Crippen molar-refractivity contribution in [2.75, 3.05) is 32.6 Å². The summed E-state index contributed by atoms with van der Waals surface area (Å²) in [6.45, 7) is 5.37. The van der Waals surface area contributed by atoms with Gasteiger partial charge < -0.3 is 15.0 Å². The van der Waals surface area contributed by atoms with Gasteiger partial charge in [0.1, 0.15) is 18.1 Å². The number of anilines is 1. The monoisotopic (exact) mass is 382 g/mol. The van der Waals surface area contributed by atoms with E-state index in [1.165, 1.54) is 0 Å². The quantitative estimate of drug-likeness (QED) is 0.656. The van der Waals surface area contributed by atoms with E-state index in [-0.39, 0.29) is 5.91 Å². The van der Waals surface area contributed by atoms with E-state index in [1.54, 1.807) is 10.7 Å². The molecule has 28 heavy (non-hydrogen) atoms. The summed E-state index contributed by atoms with van der Waals surface area (Å²) in [7, 11) is 5.89. The van der Waals surface area contributed by atoms with Crippen LogP contribution >= 0.6 is 0 Å². The molecule has 1 aromatic carbocycles. The fourth-order valence-corrected chi connectivity index (χ4v) is 2.89. The van der Waals surface area contributed by atoms with E-state index in [1.807, 2.05) is 59.3 Å². The Morgan fingerprint density at radius 1 is 1.25 bits per heavy atom. The van der Waals surface area contributed by atoms with E-state index in [0.717, 1.165) is 29.2 Å². The molecule has 0 bridgehead atoms. The Bertz CT molecular complexity index is 956. The lowest BCUT2D eigenvalue weighted by Crippen LogP contribution is -2.19.